The number of carbonyl (C=O) groups is 3. The van der Waals surface area contributed by atoms with Gasteiger partial charge in [0, 0.05) is 32.2 Å². The fraction of sp³-hybridized carbons (Fsp3) is 0.360. The van der Waals surface area contributed by atoms with Crippen molar-refractivity contribution < 1.29 is 29.3 Å². The van der Waals surface area contributed by atoms with Gasteiger partial charge in [-0.2, -0.15) is 0 Å². The van der Waals surface area contributed by atoms with Gasteiger partial charge in [0.15, 0.2) is 5.96 Å². The molecular weight excluding hydrogens is 480 g/mol. The number of guanidine groups is 1. The van der Waals surface area contributed by atoms with E-state index in [4.69, 9.17) is 4.74 Å². The topological polar surface area (TPSA) is 173 Å². The number of urea groups is 1. The molecule has 1 aliphatic heterocycles. The van der Waals surface area contributed by atoms with Gasteiger partial charge in [0.2, 0.25) is 0 Å². The summed E-state index contributed by atoms with van der Waals surface area (Å²) < 4.78 is 5.58. The summed E-state index contributed by atoms with van der Waals surface area (Å²) >= 11 is 0. The molecule has 2 aromatic rings. The maximum atomic E-state index is 12.5. The lowest BCUT2D eigenvalue weighted by Crippen LogP contribution is -2.51. The van der Waals surface area contributed by atoms with Crippen molar-refractivity contribution >= 4 is 23.9 Å². The van der Waals surface area contributed by atoms with Crippen molar-refractivity contribution in [1.29, 1.82) is 0 Å². The highest BCUT2D eigenvalue weighted by molar-refractivity contribution is 5.97. The lowest BCUT2D eigenvalue weighted by Gasteiger charge is -2.17. The molecule has 0 bridgehead atoms. The molecule has 0 fully saturated rings. The zero-order valence-electron chi connectivity index (χ0n) is 20.3. The van der Waals surface area contributed by atoms with Crippen LogP contribution in [0.1, 0.15) is 22.3 Å². The Labute approximate surface area is 214 Å². The van der Waals surface area contributed by atoms with Gasteiger partial charge in [-0.1, -0.05) is 30.3 Å². The molecule has 1 atom stereocenters. The van der Waals surface area contributed by atoms with Gasteiger partial charge in [0.25, 0.3) is 5.91 Å². The van der Waals surface area contributed by atoms with Crippen LogP contribution < -0.4 is 31.3 Å². The van der Waals surface area contributed by atoms with Crippen LogP contribution >= 0.6 is 0 Å². The molecule has 198 valence electrons. The molecule has 3 amide bonds. The largest absolute Gasteiger partial charge is 0.507 e. The number of nitrogens with one attached hydrogen (secondary N) is 5. The Morgan fingerprint density at radius 1 is 1.08 bits per heavy atom. The average molecular weight is 513 g/mol. The maximum Gasteiger partial charge on any atom is 0.328 e. The van der Waals surface area contributed by atoms with E-state index in [0.717, 1.165) is 31.0 Å². The van der Waals surface area contributed by atoms with Crippen molar-refractivity contribution in [3.63, 3.8) is 0 Å². The second-order valence-electron chi connectivity index (χ2n) is 8.20. The summed E-state index contributed by atoms with van der Waals surface area (Å²) in [5.41, 5.74) is 0.979. The van der Waals surface area contributed by atoms with Crippen LogP contribution in [0.3, 0.4) is 0 Å². The second-order valence-corrected chi connectivity index (χ2v) is 8.20. The minimum absolute atomic E-state index is 0.0531. The quantitative estimate of drug-likeness (QED) is 0.201. The molecular formula is C25H32N6O6. The predicted molar refractivity (Wildman–Crippen MR) is 137 cm³/mol. The summed E-state index contributed by atoms with van der Waals surface area (Å²) in [5.74, 6) is -1.23. The van der Waals surface area contributed by atoms with E-state index in [1.807, 2.05) is 30.3 Å². The number of hydrogen-bond donors (Lipinski definition) is 7. The van der Waals surface area contributed by atoms with E-state index in [0.29, 0.717) is 31.9 Å². The van der Waals surface area contributed by atoms with Crippen LogP contribution in [0.15, 0.2) is 53.5 Å². The minimum atomic E-state index is -1.36. The molecule has 7 N–H and O–H groups in total. The van der Waals surface area contributed by atoms with Gasteiger partial charge in [-0.25, -0.2) is 9.59 Å². The standard InChI is InChI=1S/C25H32N6O6/c32-21-15-18(37-14-13-28-24-26-10-4-11-27-24)7-8-19(21)22(33)30-16-20(23(34)35)31-25(36)29-12-9-17-5-2-1-3-6-17/h1-3,5-8,15,20,32H,4,9-14,16H2,(H,30,33)(H,34,35)(H2,26,27,28)(H2,29,31,36)/t20-/m0/s1. The van der Waals surface area contributed by atoms with Crippen LogP contribution in [0.4, 0.5) is 4.79 Å². The Morgan fingerprint density at radius 3 is 2.59 bits per heavy atom. The number of rotatable bonds is 12. The third-order valence-corrected chi connectivity index (χ3v) is 5.39. The van der Waals surface area contributed by atoms with Gasteiger partial charge in [0.05, 0.1) is 12.1 Å². The third-order valence-electron chi connectivity index (χ3n) is 5.39. The first kappa shape index (κ1) is 27.1. The molecule has 37 heavy (non-hydrogen) atoms. The lowest BCUT2D eigenvalue weighted by atomic mass is 10.1. The number of aliphatic carboxylic acids is 1. The average Bonchev–Trinajstić information content (AvgIpc) is 2.90. The number of phenols is 1. The number of carboxylic acids is 1. The fourth-order valence-corrected chi connectivity index (χ4v) is 3.45. The number of aromatic hydroxyl groups is 1. The molecule has 0 saturated carbocycles. The SMILES string of the molecule is O=C(NCCc1ccccc1)N[C@@H](CNC(=O)c1ccc(OCCNC2=NCCCN2)cc1O)C(=O)O. The number of ether oxygens (including phenoxy) is 1. The number of aliphatic imine (C=N–C) groups is 1. The number of hydrogen-bond acceptors (Lipinski definition) is 8. The molecule has 2 aromatic carbocycles. The maximum absolute atomic E-state index is 12.5. The van der Waals surface area contributed by atoms with Crippen LogP contribution in [-0.4, -0.2) is 79.5 Å². The molecule has 0 saturated heterocycles. The highest BCUT2D eigenvalue weighted by atomic mass is 16.5. The van der Waals surface area contributed by atoms with Crippen molar-refractivity contribution in [3.8, 4) is 11.5 Å². The van der Waals surface area contributed by atoms with E-state index >= 15 is 0 Å². The summed E-state index contributed by atoms with van der Waals surface area (Å²) in [5, 5.41) is 33.2. The number of carbonyl (C=O) groups excluding carboxylic acids is 2. The van der Waals surface area contributed by atoms with Crippen molar-refractivity contribution in [2.24, 2.45) is 4.99 Å². The first-order chi connectivity index (χ1) is 17.9. The summed E-state index contributed by atoms with van der Waals surface area (Å²) in [6.07, 6.45) is 1.59. The smallest absolute Gasteiger partial charge is 0.328 e. The number of nitrogens with zero attached hydrogens (tertiary/aromatic N) is 1. The monoisotopic (exact) mass is 512 g/mol. The van der Waals surface area contributed by atoms with E-state index in [-0.39, 0.29) is 17.9 Å². The first-order valence-electron chi connectivity index (χ1n) is 12.0. The first-order valence-corrected chi connectivity index (χ1v) is 12.0. The summed E-state index contributed by atoms with van der Waals surface area (Å²) in [4.78, 5) is 40.4. The Hall–Kier alpha value is -4.48. The lowest BCUT2D eigenvalue weighted by molar-refractivity contribution is -0.139. The summed E-state index contributed by atoms with van der Waals surface area (Å²) in [6, 6.07) is 11.7. The Bertz CT molecular complexity index is 1090. The predicted octanol–water partition coefficient (Wildman–Crippen LogP) is 0.435. The Morgan fingerprint density at radius 2 is 1.89 bits per heavy atom. The molecule has 0 spiro atoms. The number of carboxylic acid groups (broad SMARTS) is 1. The van der Waals surface area contributed by atoms with Crippen molar-refractivity contribution in [2.75, 3.05) is 39.3 Å². The molecule has 1 aliphatic rings. The number of phenolic OH excluding ortho intramolecular Hbond substituents is 1. The van der Waals surface area contributed by atoms with Crippen molar-refractivity contribution in [2.45, 2.75) is 18.9 Å². The van der Waals surface area contributed by atoms with Crippen molar-refractivity contribution in [3.05, 3.63) is 59.7 Å². The Kier molecular flexibility index (Phi) is 10.4. The normalized spacial score (nSPS) is 13.4. The summed E-state index contributed by atoms with van der Waals surface area (Å²) in [6.45, 7) is 2.40. The minimum Gasteiger partial charge on any atom is -0.507 e. The fourth-order valence-electron chi connectivity index (χ4n) is 3.45. The van der Waals surface area contributed by atoms with Gasteiger partial charge < -0.3 is 41.5 Å². The van der Waals surface area contributed by atoms with E-state index < -0.39 is 23.9 Å². The molecule has 0 unspecified atom stereocenters. The van der Waals surface area contributed by atoms with Crippen molar-refractivity contribution in [1.82, 2.24) is 26.6 Å². The zero-order valence-corrected chi connectivity index (χ0v) is 20.3. The Balaban J connectivity index is 1.41. The summed E-state index contributed by atoms with van der Waals surface area (Å²) in [7, 11) is 0. The van der Waals surface area contributed by atoms with Gasteiger partial charge in [-0.15, -0.1) is 0 Å². The van der Waals surface area contributed by atoms with Crippen LogP contribution in [0, 0.1) is 0 Å². The van der Waals surface area contributed by atoms with E-state index in [1.165, 1.54) is 18.2 Å². The van der Waals surface area contributed by atoms with E-state index in [1.54, 1.807) is 0 Å². The molecule has 0 aliphatic carbocycles. The van der Waals surface area contributed by atoms with Crippen LogP contribution in [0.2, 0.25) is 0 Å². The zero-order chi connectivity index (χ0) is 26.5. The van der Waals surface area contributed by atoms with Crippen LogP contribution in [-0.2, 0) is 11.2 Å². The molecule has 0 aromatic heterocycles. The molecule has 12 heteroatoms. The number of benzene rings is 2. The number of amides is 3. The van der Waals surface area contributed by atoms with Crippen LogP contribution in [0.25, 0.3) is 0 Å². The highest BCUT2D eigenvalue weighted by Crippen LogP contribution is 2.23. The van der Waals surface area contributed by atoms with Gasteiger partial charge in [-0.3, -0.25) is 9.79 Å². The molecule has 3 rings (SSSR count). The van der Waals surface area contributed by atoms with E-state index in [2.05, 4.69) is 31.6 Å². The third kappa shape index (κ3) is 9.24. The van der Waals surface area contributed by atoms with Crippen LogP contribution in [0.5, 0.6) is 11.5 Å². The van der Waals surface area contributed by atoms with Gasteiger partial charge in [-0.05, 0) is 30.5 Å². The highest BCUT2D eigenvalue weighted by Gasteiger charge is 2.22. The molecule has 12 nitrogen and oxygen atoms in total. The van der Waals surface area contributed by atoms with Gasteiger partial charge >= 0.3 is 12.0 Å². The molecule has 1 heterocycles. The van der Waals surface area contributed by atoms with Gasteiger partial charge in [0.1, 0.15) is 24.1 Å². The molecule has 0 radical (unpaired) electrons. The second kappa shape index (κ2) is 14.2. The van der Waals surface area contributed by atoms with E-state index in [9.17, 15) is 24.6 Å².